The molecule has 0 aliphatic heterocycles. The van der Waals surface area contributed by atoms with Crippen LogP contribution in [-0.4, -0.2) is 48.5 Å². The zero-order valence-corrected chi connectivity index (χ0v) is 27.8. The Labute approximate surface area is 225 Å². The van der Waals surface area contributed by atoms with Crippen LogP contribution in [0.4, 0.5) is 0 Å². The number of hydrogen-bond donors (Lipinski definition) is 0. The second-order valence-electron chi connectivity index (χ2n) is 8.86. The van der Waals surface area contributed by atoms with Crippen LogP contribution in [-0.2, 0) is 32.2 Å². The summed E-state index contributed by atoms with van der Waals surface area (Å²) >= 11 is 1.74. The van der Waals surface area contributed by atoms with Crippen LogP contribution >= 0.6 is 0 Å². The van der Waals surface area contributed by atoms with Crippen molar-refractivity contribution in [1.29, 1.82) is 0 Å². The molecule has 0 aliphatic carbocycles. The molecule has 0 fully saturated rings. The van der Waals surface area contributed by atoms with Gasteiger partial charge in [0.05, 0.1) is 26.4 Å². The van der Waals surface area contributed by atoms with E-state index in [1.807, 2.05) is 48.5 Å². The second kappa shape index (κ2) is 20.7. The average Bonchev–Trinajstić information content (AvgIpc) is 3.28. The summed E-state index contributed by atoms with van der Waals surface area (Å²) in [5.74, 6) is 1.86. The molecule has 32 heavy (non-hydrogen) atoms. The quantitative estimate of drug-likeness (QED) is 0.216. The first-order valence-corrected chi connectivity index (χ1v) is 23.4. The summed E-state index contributed by atoms with van der Waals surface area (Å²) in [6, 6.07) is 15.7. The zero-order chi connectivity index (χ0) is 23.0. The van der Waals surface area contributed by atoms with Crippen LogP contribution in [0.3, 0.4) is 0 Å². The Morgan fingerprint density at radius 2 is 0.875 bits per heavy atom. The number of rotatable bonds is 10. The van der Waals surface area contributed by atoms with Gasteiger partial charge in [-0.15, -0.1) is 24.3 Å². The Morgan fingerprint density at radius 1 is 0.625 bits per heavy atom. The Hall–Kier alpha value is 0.334. The third-order valence-corrected chi connectivity index (χ3v) is 5.18. The minimum absolute atomic E-state index is 0. The molecule has 10 heteroatoms. The van der Waals surface area contributed by atoms with Crippen LogP contribution in [0.25, 0.3) is 0 Å². The standard InChI is InChI=1S/2C10H17O2Si.C2H6Si.2ClH.Zr/c2*1-13(2,3)12-9-8-11-10-6-4-5-7-10;1-3-2;;;/h2*4-7H,8-9H2,1-3H3;1-2H3;2*1H;/q2*-1;;;;+2/p-2. The molecule has 0 aliphatic rings. The van der Waals surface area contributed by atoms with Crippen molar-refractivity contribution >= 4 is 22.1 Å². The Kier molecular flexibility index (Phi) is 23.8. The molecular weight excluding hydrogens is 575 g/mol. The van der Waals surface area contributed by atoms with Crippen molar-refractivity contribution in [2.75, 3.05) is 26.4 Å². The second-order valence-corrected chi connectivity index (χ2v) is 27.3. The molecule has 0 unspecified atom stereocenters. The van der Waals surface area contributed by atoms with E-state index in [-0.39, 0.29) is 30.2 Å². The third-order valence-electron chi connectivity index (χ3n) is 3.04. The van der Waals surface area contributed by atoms with E-state index in [0.29, 0.717) is 26.4 Å². The maximum atomic E-state index is 5.64. The van der Waals surface area contributed by atoms with Gasteiger partial charge in [-0.2, -0.15) is 0 Å². The summed E-state index contributed by atoms with van der Waals surface area (Å²) in [5, 5.41) is 0. The molecule has 184 valence electrons. The van der Waals surface area contributed by atoms with Gasteiger partial charge in [-0.3, -0.25) is 0 Å². The molecule has 0 bridgehead atoms. The fraction of sp³-hybridized carbons (Fsp3) is 0.545. The van der Waals surface area contributed by atoms with E-state index < -0.39 is 16.6 Å². The van der Waals surface area contributed by atoms with Crippen LogP contribution in [0.15, 0.2) is 48.5 Å². The first-order valence-electron chi connectivity index (χ1n) is 10.4. The largest absolute Gasteiger partial charge is 1.00 e. The van der Waals surface area contributed by atoms with E-state index in [1.165, 1.54) is 0 Å². The molecule has 0 radical (unpaired) electrons. The van der Waals surface area contributed by atoms with Gasteiger partial charge in [-0.25, -0.2) is 24.3 Å². The Balaban J connectivity index is -0.000000428. The van der Waals surface area contributed by atoms with Crippen molar-refractivity contribution in [2.24, 2.45) is 0 Å². The van der Waals surface area contributed by atoms with E-state index in [0.717, 1.165) is 11.5 Å². The Bertz CT molecular complexity index is 600. The molecule has 0 heterocycles. The molecule has 2 rings (SSSR count). The molecule has 0 spiro atoms. The number of halogens is 2. The molecule has 2 aromatic carbocycles. The van der Waals surface area contributed by atoms with Gasteiger partial charge in [-0.05, 0) is 39.3 Å². The van der Waals surface area contributed by atoms with E-state index >= 15 is 0 Å². The predicted octanol–water partition coefficient (Wildman–Crippen LogP) is 0.0639. The van der Waals surface area contributed by atoms with Crippen LogP contribution in [0.5, 0.6) is 11.5 Å². The summed E-state index contributed by atoms with van der Waals surface area (Å²) in [4.78, 5) is 0. The van der Waals surface area contributed by atoms with Crippen LogP contribution < -0.4 is 34.3 Å². The molecule has 0 saturated heterocycles. The van der Waals surface area contributed by atoms with Crippen molar-refractivity contribution in [1.82, 2.24) is 0 Å². The fourth-order valence-corrected chi connectivity index (χ4v) is 3.31. The maximum absolute atomic E-state index is 5.64. The molecule has 4 nitrogen and oxygen atoms in total. The average molecular weight is 615 g/mol. The number of ether oxygens (including phenoxy) is 2. The monoisotopic (exact) mass is 612 g/mol. The van der Waals surface area contributed by atoms with Crippen molar-refractivity contribution in [3.63, 3.8) is 0 Å². The molecule has 0 atom stereocenters. The van der Waals surface area contributed by atoms with Gasteiger partial charge in [0.25, 0.3) is 0 Å². The van der Waals surface area contributed by atoms with Crippen LogP contribution in [0.1, 0.15) is 0 Å². The fourth-order valence-electron chi connectivity index (χ4n) is 1.92. The molecule has 0 N–H and O–H groups in total. The van der Waals surface area contributed by atoms with E-state index in [2.05, 4.69) is 52.4 Å². The summed E-state index contributed by atoms with van der Waals surface area (Å²) < 4.78 is 22.2. The van der Waals surface area contributed by atoms with Crippen molar-refractivity contribution in [3.05, 3.63) is 48.5 Å². The molecule has 0 amide bonds. The van der Waals surface area contributed by atoms with Gasteiger partial charge in [0, 0.05) is 11.5 Å². The predicted molar refractivity (Wildman–Crippen MR) is 131 cm³/mol. The van der Waals surface area contributed by atoms with Gasteiger partial charge < -0.3 is 43.1 Å². The SMILES string of the molecule is C[Si](C)(C)OCCO[c-]1cccc1.C[Si](C)(C)OCCO[c-]1cccc1.C[Si](C)=[Zr+2].[Cl-].[Cl-]. The van der Waals surface area contributed by atoms with Crippen molar-refractivity contribution < 1.29 is 66.5 Å². The van der Waals surface area contributed by atoms with Gasteiger partial charge in [0.1, 0.15) is 0 Å². The van der Waals surface area contributed by atoms with Crippen molar-refractivity contribution in [3.8, 4) is 11.5 Å². The van der Waals surface area contributed by atoms with Crippen LogP contribution in [0.2, 0.25) is 52.4 Å². The van der Waals surface area contributed by atoms with E-state index in [4.69, 9.17) is 18.3 Å². The van der Waals surface area contributed by atoms with Gasteiger partial charge in [0.15, 0.2) is 16.6 Å². The third kappa shape index (κ3) is 28.4. The molecule has 2 aromatic rings. The van der Waals surface area contributed by atoms with Gasteiger partial charge >= 0.3 is 41.9 Å². The summed E-state index contributed by atoms with van der Waals surface area (Å²) in [5.41, 5.74) is 0.210. The first kappa shape index (κ1) is 36.9. The first-order chi connectivity index (χ1) is 13.9. The summed E-state index contributed by atoms with van der Waals surface area (Å²) in [7, 11) is -2.72. The summed E-state index contributed by atoms with van der Waals surface area (Å²) in [6.45, 7) is 20.4. The topological polar surface area (TPSA) is 36.9 Å². The molecule has 0 saturated carbocycles. The Morgan fingerprint density at radius 3 is 1.09 bits per heavy atom. The minimum atomic E-state index is -1.36. The van der Waals surface area contributed by atoms with E-state index in [9.17, 15) is 0 Å². The van der Waals surface area contributed by atoms with Gasteiger partial charge in [-0.1, -0.05) is 0 Å². The van der Waals surface area contributed by atoms with Crippen molar-refractivity contribution in [2.45, 2.75) is 52.4 Å². The smallest absolute Gasteiger partial charge is 1.00 e. The van der Waals surface area contributed by atoms with Crippen LogP contribution in [0, 0.1) is 0 Å². The molecule has 0 aromatic heterocycles. The number of hydrogen-bond acceptors (Lipinski definition) is 4. The van der Waals surface area contributed by atoms with E-state index in [1.54, 1.807) is 23.3 Å². The normalized spacial score (nSPS) is 10.3. The summed E-state index contributed by atoms with van der Waals surface area (Å²) in [6.07, 6.45) is 0. The molecular formula is C22H40Cl2O4Si3Zr-2. The van der Waals surface area contributed by atoms with Gasteiger partial charge in [0.2, 0.25) is 0 Å². The minimum Gasteiger partial charge on any atom is -1.00 e. The zero-order valence-electron chi connectivity index (χ0n) is 20.8. The maximum Gasteiger partial charge on any atom is -1.00 e.